The molecule has 0 fully saturated rings. The summed E-state index contributed by atoms with van der Waals surface area (Å²) in [6.45, 7) is 6.97. The molecule has 0 aliphatic heterocycles. The van der Waals surface area contributed by atoms with Crippen molar-refractivity contribution in [3.05, 3.63) is 12.3 Å². The fraction of sp³-hybridized carbons (Fsp3) is 0.600. The fourth-order valence-electron chi connectivity index (χ4n) is 0.381. The lowest BCUT2D eigenvalue weighted by Gasteiger charge is -1.92. The topological polar surface area (TPSA) is 12.0 Å². The van der Waals surface area contributed by atoms with Gasteiger partial charge < -0.3 is 4.98 Å². The Morgan fingerprint density at radius 1 is 1.86 bits per heavy atom. The molecule has 7 heavy (non-hydrogen) atoms. The van der Waals surface area contributed by atoms with Crippen LogP contribution in [0.15, 0.2) is 12.3 Å². The van der Waals surface area contributed by atoms with E-state index in [9.17, 15) is 0 Å². The molecule has 0 aromatic heterocycles. The van der Waals surface area contributed by atoms with E-state index in [0.717, 1.165) is 6.54 Å². The van der Waals surface area contributed by atoms with E-state index in [2.05, 4.69) is 18.5 Å². The van der Waals surface area contributed by atoms with Crippen molar-refractivity contribution >= 4 is 9.68 Å². The molecule has 1 nitrogen and oxygen atoms in total. The van der Waals surface area contributed by atoms with Crippen molar-refractivity contribution in [2.75, 3.05) is 6.54 Å². The summed E-state index contributed by atoms with van der Waals surface area (Å²) in [5, 5.41) is 0. The monoisotopic (exact) mass is 115 g/mol. The molecule has 0 rings (SSSR count). The largest absolute Gasteiger partial charge is 0.339 e. The summed E-state index contributed by atoms with van der Waals surface area (Å²) in [7, 11) is -0.0754. The number of rotatable bonds is 4. The third-order valence-electron chi connectivity index (χ3n) is 0.715. The average molecular weight is 115 g/mol. The summed E-state index contributed by atoms with van der Waals surface area (Å²) >= 11 is 0. The quantitative estimate of drug-likeness (QED) is 0.408. The Kier molecular flexibility index (Phi) is 5.85. The van der Waals surface area contributed by atoms with Crippen LogP contribution in [0.5, 0.6) is 0 Å². The molecule has 0 amide bonds. The van der Waals surface area contributed by atoms with Crippen molar-refractivity contribution in [2.45, 2.75) is 13.3 Å². The summed E-state index contributed by atoms with van der Waals surface area (Å²) in [4.78, 5) is 3.31. The first-order chi connectivity index (χ1) is 3.41. The molecule has 0 aliphatic rings. The van der Waals surface area contributed by atoms with Crippen LogP contribution in [-0.4, -0.2) is 16.2 Å². The van der Waals surface area contributed by atoms with E-state index in [1.807, 2.05) is 5.70 Å². The maximum atomic E-state index is 3.63. The summed E-state index contributed by atoms with van der Waals surface area (Å²) < 4.78 is 0. The van der Waals surface area contributed by atoms with Gasteiger partial charge >= 0.3 is 0 Å². The second kappa shape index (κ2) is 5.92. The molecular formula is C5H13NSi. The lowest BCUT2D eigenvalue weighted by molar-refractivity contribution is 0.863. The molecule has 0 atom stereocenters. The molecule has 0 aliphatic carbocycles. The summed E-state index contributed by atoms with van der Waals surface area (Å²) in [6, 6.07) is 0. The summed E-state index contributed by atoms with van der Waals surface area (Å²) in [5.74, 6) is 0. The van der Waals surface area contributed by atoms with Crippen LogP contribution in [0.1, 0.15) is 13.3 Å². The van der Waals surface area contributed by atoms with Gasteiger partial charge in [0.2, 0.25) is 0 Å². The Morgan fingerprint density at radius 2 is 2.57 bits per heavy atom. The van der Waals surface area contributed by atoms with Gasteiger partial charge in [-0.2, -0.15) is 0 Å². The van der Waals surface area contributed by atoms with Crippen molar-refractivity contribution in [3.8, 4) is 0 Å². The molecule has 0 radical (unpaired) electrons. The second-order valence-electron chi connectivity index (χ2n) is 1.49. The standard InChI is InChI=1S/C5H13NSi/c1-3-5-6-7-4-2/h4,6H,2-3,5,7H2,1H3. The normalized spacial score (nSPS) is 10.4. The highest BCUT2D eigenvalue weighted by Gasteiger charge is 1.74. The Morgan fingerprint density at radius 3 is 3.00 bits per heavy atom. The Labute approximate surface area is 47.7 Å². The highest BCUT2D eigenvalue weighted by atomic mass is 28.2. The zero-order chi connectivity index (χ0) is 5.54. The van der Waals surface area contributed by atoms with Crippen LogP contribution in [0.25, 0.3) is 0 Å². The van der Waals surface area contributed by atoms with Crippen molar-refractivity contribution in [3.63, 3.8) is 0 Å². The van der Waals surface area contributed by atoms with E-state index in [4.69, 9.17) is 0 Å². The Balaban J connectivity index is 2.56. The minimum atomic E-state index is -0.0754. The van der Waals surface area contributed by atoms with Gasteiger partial charge in [0, 0.05) is 0 Å². The molecule has 0 saturated heterocycles. The number of nitrogens with one attached hydrogen (secondary N) is 1. The van der Waals surface area contributed by atoms with Gasteiger partial charge in [-0.3, -0.25) is 0 Å². The molecule has 42 valence electrons. The molecule has 0 unspecified atom stereocenters. The smallest absolute Gasteiger partial charge is 0.116 e. The Hall–Kier alpha value is -0.0831. The third kappa shape index (κ3) is 5.92. The van der Waals surface area contributed by atoms with Gasteiger partial charge in [-0.25, -0.2) is 0 Å². The lowest BCUT2D eigenvalue weighted by atomic mass is 10.5. The fourth-order valence-corrected chi connectivity index (χ4v) is 1.14. The zero-order valence-electron chi connectivity index (χ0n) is 4.91. The second-order valence-corrected chi connectivity index (χ2v) is 2.98. The highest BCUT2D eigenvalue weighted by molar-refractivity contribution is 6.38. The SMILES string of the molecule is C=C[SiH2]NCCC. The first kappa shape index (κ1) is 6.92. The third-order valence-corrected chi connectivity index (χ3v) is 1.65. The predicted octanol–water partition coefficient (Wildman–Crippen LogP) is 0.213. The van der Waals surface area contributed by atoms with Gasteiger partial charge in [0.15, 0.2) is 0 Å². The molecule has 0 bridgehead atoms. The van der Waals surface area contributed by atoms with Crippen LogP contribution in [0, 0.1) is 0 Å². The highest BCUT2D eigenvalue weighted by Crippen LogP contribution is 1.65. The van der Waals surface area contributed by atoms with E-state index in [1.165, 1.54) is 6.42 Å². The molecule has 1 N–H and O–H groups in total. The van der Waals surface area contributed by atoms with E-state index in [0.29, 0.717) is 0 Å². The maximum absolute atomic E-state index is 3.63. The van der Waals surface area contributed by atoms with E-state index < -0.39 is 0 Å². The lowest BCUT2D eigenvalue weighted by Crippen LogP contribution is -2.17. The number of hydrogen-bond donors (Lipinski definition) is 1. The van der Waals surface area contributed by atoms with Crippen LogP contribution >= 0.6 is 0 Å². The van der Waals surface area contributed by atoms with Crippen molar-refractivity contribution in [1.82, 2.24) is 4.98 Å². The van der Waals surface area contributed by atoms with Crippen LogP contribution in [0.4, 0.5) is 0 Å². The molecule has 0 aromatic rings. The molecule has 2 heteroatoms. The summed E-state index contributed by atoms with van der Waals surface area (Å²) in [5.41, 5.74) is 2.01. The van der Waals surface area contributed by atoms with Crippen molar-refractivity contribution in [2.24, 2.45) is 0 Å². The zero-order valence-corrected chi connectivity index (χ0v) is 6.32. The minimum Gasteiger partial charge on any atom is -0.339 e. The van der Waals surface area contributed by atoms with Gasteiger partial charge in [0.1, 0.15) is 9.68 Å². The molecule has 0 saturated carbocycles. The molecule has 0 heterocycles. The van der Waals surface area contributed by atoms with Crippen LogP contribution in [0.2, 0.25) is 0 Å². The van der Waals surface area contributed by atoms with E-state index in [1.54, 1.807) is 0 Å². The van der Waals surface area contributed by atoms with Crippen LogP contribution in [0.3, 0.4) is 0 Å². The van der Waals surface area contributed by atoms with Crippen molar-refractivity contribution < 1.29 is 0 Å². The average Bonchev–Trinajstić information content (AvgIpc) is 1.69. The van der Waals surface area contributed by atoms with Crippen LogP contribution < -0.4 is 4.98 Å². The minimum absolute atomic E-state index is 0.0754. The Bertz CT molecular complexity index is 45.3. The van der Waals surface area contributed by atoms with Gasteiger partial charge in [-0.05, 0) is 13.0 Å². The number of hydrogen-bond acceptors (Lipinski definition) is 1. The first-order valence-electron chi connectivity index (χ1n) is 2.73. The van der Waals surface area contributed by atoms with Crippen molar-refractivity contribution in [1.29, 1.82) is 0 Å². The molecular weight excluding hydrogens is 102 g/mol. The molecule has 0 spiro atoms. The van der Waals surface area contributed by atoms with Gasteiger partial charge in [0.05, 0.1) is 0 Å². The maximum Gasteiger partial charge on any atom is 0.116 e. The summed E-state index contributed by atoms with van der Waals surface area (Å²) in [6.07, 6.45) is 1.24. The van der Waals surface area contributed by atoms with Gasteiger partial charge in [-0.15, -0.1) is 6.58 Å². The van der Waals surface area contributed by atoms with E-state index in [-0.39, 0.29) is 9.68 Å². The van der Waals surface area contributed by atoms with Gasteiger partial charge in [0.25, 0.3) is 0 Å². The first-order valence-corrected chi connectivity index (χ1v) is 4.25. The van der Waals surface area contributed by atoms with E-state index >= 15 is 0 Å². The van der Waals surface area contributed by atoms with Crippen LogP contribution in [-0.2, 0) is 0 Å². The molecule has 0 aromatic carbocycles. The van der Waals surface area contributed by atoms with Gasteiger partial charge in [-0.1, -0.05) is 12.6 Å². The predicted molar refractivity (Wildman–Crippen MR) is 37.0 cm³/mol.